The van der Waals surface area contributed by atoms with Crippen molar-refractivity contribution in [3.63, 3.8) is 0 Å². The Hall–Kier alpha value is -7.17. The molecule has 376 valence electrons. The van der Waals surface area contributed by atoms with Crippen LogP contribution in [0.2, 0.25) is 0 Å². The average molecular weight is 1010 g/mol. The zero-order chi connectivity index (χ0) is 51.4. The summed E-state index contributed by atoms with van der Waals surface area (Å²) in [6.07, 6.45) is 1.80. The number of anilines is 2. The van der Waals surface area contributed by atoms with E-state index in [0.717, 1.165) is 51.5 Å². The molecule has 1 saturated carbocycles. The Morgan fingerprint density at radius 3 is 2.21 bits per heavy atom. The van der Waals surface area contributed by atoms with Gasteiger partial charge in [0, 0.05) is 30.9 Å². The van der Waals surface area contributed by atoms with Crippen molar-refractivity contribution in [3.05, 3.63) is 114 Å². The largest absolute Gasteiger partial charge is 0.494 e. The molecule has 72 heavy (non-hydrogen) atoms. The fourth-order valence-corrected chi connectivity index (χ4v) is 9.75. The lowest BCUT2D eigenvalue weighted by Crippen LogP contribution is -2.58. The lowest BCUT2D eigenvalue weighted by molar-refractivity contribution is -0.144. The van der Waals surface area contributed by atoms with Crippen LogP contribution >= 0.6 is 12.2 Å². The molecule has 3 aliphatic rings. The van der Waals surface area contributed by atoms with Gasteiger partial charge in [0.2, 0.25) is 17.7 Å². The van der Waals surface area contributed by atoms with Gasteiger partial charge in [-0.25, -0.2) is 9.97 Å². The number of nitriles is 1. The third kappa shape index (κ3) is 10.8. The van der Waals surface area contributed by atoms with Crippen molar-refractivity contribution in [2.45, 2.75) is 103 Å². The van der Waals surface area contributed by atoms with Gasteiger partial charge in [-0.2, -0.15) is 18.4 Å². The molecule has 15 nitrogen and oxygen atoms in total. The maximum Gasteiger partial charge on any atom is 0.419 e. The van der Waals surface area contributed by atoms with Crippen LogP contribution in [0.25, 0.3) is 22.5 Å². The molecule has 4 heterocycles. The van der Waals surface area contributed by atoms with E-state index in [1.165, 1.54) is 12.5 Å². The van der Waals surface area contributed by atoms with Crippen LogP contribution in [0.3, 0.4) is 0 Å². The molecule has 2 atom stereocenters. The van der Waals surface area contributed by atoms with Crippen molar-refractivity contribution in [2.24, 2.45) is 5.41 Å². The number of carbonyl (C=O) groups excluding carboxylic acids is 4. The van der Waals surface area contributed by atoms with Crippen molar-refractivity contribution in [3.8, 4) is 34.3 Å². The second-order valence-electron chi connectivity index (χ2n) is 19.3. The molecule has 0 radical (unpaired) electrons. The number of aromatic nitrogens is 2. The highest BCUT2D eigenvalue weighted by Crippen LogP contribution is 2.48. The summed E-state index contributed by atoms with van der Waals surface area (Å²) in [5.41, 5.74) is 1.14. The topological polar surface area (TPSA) is 183 Å². The first-order valence-corrected chi connectivity index (χ1v) is 24.2. The van der Waals surface area contributed by atoms with Crippen LogP contribution in [0, 0.1) is 23.7 Å². The predicted octanol–water partition coefficient (Wildman–Crippen LogP) is 8.68. The van der Waals surface area contributed by atoms with E-state index in [0.29, 0.717) is 82.0 Å². The number of likely N-dealkylation sites (tertiary alicyclic amines) is 1. The summed E-state index contributed by atoms with van der Waals surface area (Å²) in [4.78, 5) is 66.5. The van der Waals surface area contributed by atoms with E-state index in [-0.39, 0.29) is 29.2 Å². The highest BCUT2D eigenvalue weighted by molar-refractivity contribution is 7.81. The lowest BCUT2D eigenvalue weighted by Gasteiger charge is -2.43. The van der Waals surface area contributed by atoms with Gasteiger partial charge in [-0.1, -0.05) is 69.3 Å². The van der Waals surface area contributed by atoms with Gasteiger partial charge >= 0.3 is 6.18 Å². The Balaban J connectivity index is 0.766. The minimum Gasteiger partial charge on any atom is -0.494 e. The van der Waals surface area contributed by atoms with E-state index in [2.05, 4.69) is 20.6 Å². The summed E-state index contributed by atoms with van der Waals surface area (Å²) in [7, 11) is 0. The number of halogens is 3. The maximum absolute atomic E-state index is 14.0. The van der Waals surface area contributed by atoms with E-state index >= 15 is 0 Å². The molecule has 1 spiro atoms. The highest BCUT2D eigenvalue weighted by atomic mass is 32.1. The third-order valence-corrected chi connectivity index (χ3v) is 13.7. The van der Waals surface area contributed by atoms with Crippen molar-refractivity contribution < 1.29 is 46.2 Å². The molecule has 4 amide bonds. The molecule has 8 rings (SSSR count). The van der Waals surface area contributed by atoms with E-state index in [9.17, 15) is 37.6 Å². The fraction of sp³-hybridized carbons (Fsp3) is 0.396. The van der Waals surface area contributed by atoms with Crippen LogP contribution in [0.5, 0.6) is 5.75 Å². The predicted molar refractivity (Wildman–Crippen MR) is 265 cm³/mol. The van der Waals surface area contributed by atoms with Crippen LogP contribution in [0.1, 0.15) is 88.2 Å². The number of ether oxygens (including phenoxy) is 2. The number of rotatable bonds is 17. The van der Waals surface area contributed by atoms with Gasteiger partial charge in [0.05, 0.1) is 29.7 Å². The van der Waals surface area contributed by atoms with E-state index < -0.39 is 52.3 Å². The molecule has 1 aliphatic carbocycles. The number of benzene rings is 3. The summed E-state index contributed by atoms with van der Waals surface area (Å²) < 4.78 is 58.5. The number of oxazole rings is 1. The van der Waals surface area contributed by atoms with Gasteiger partial charge in [-0.3, -0.25) is 24.1 Å². The van der Waals surface area contributed by atoms with Gasteiger partial charge in [0.25, 0.3) is 5.91 Å². The third-order valence-electron chi connectivity index (χ3n) is 13.3. The molecule has 2 aliphatic heterocycles. The molecular formula is C53H55F3N8O7S. The average Bonchev–Trinajstić information content (AvgIpc) is 4.08. The summed E-state index contributed by atoms with van der Waals surface area (Å²) in [6.45, 7) is 8.67. The molecule has 5 aromatic rings. The molecule has 2 saturated heterocycles. The van der Waals surface area contributed by atoms with E-state index in [1.54, 1.807) is 9.80 Å². The standard InChI is InChI=1S/C53H55F3N8O7S/c1-33-45(71-32-60-33)37-12-10-34(11-13-37)29-59-47(66)43-9-7-24-62(43)48(67)46(51(2,3)4)61-44(65)31-69-25-5-6-26-70-40-20-16-36(17-21-40)35-14-18-38(19-15-35)64-50(72)63(49(68)52(64)22-8-23-52)39-27-41(53(54,55)56)42(28-57)58-30-39/h10-21,27,30,32,43,46H,5-9,22-26,29,31H2,1-4H3,(H,59,66)(H,61,65)/t43-,46?/m0/s1. The van der Waals surface area contributed by atoms with Gasteiger partial charge in [0.15, 0.2) is 23.0 Å². The zero-order valence-electron chi connectivity index (χ0n) is 40.4. The number of alkyl halides is 3. The lowest BCUT2D eigenvalue weighted by atomic mass is 9.75. The quantitative estimate of drug-likeness (QED) is 0.0669. The van der Waals surface area contributed by atoms with Crippen molar-refractivity contribution >= 4 is 52.3 Å². The Kier molecular flexibility index (Phi) is 15.1. The first-order chi connectivity index (χ1) is 34.4. The minimum atomic E-state index is -4.85. The molecule has 0 bridgehead atoms. The first-order valence-electron chi connectivity index (χ1n) is 23.8. The summed E-state index contributed by atoms with van der Waals surface area (Å²) >= 11 is 5.74. The Morgan fingerprint density at radius 2 is 1.60 bits per heavy atom. The van der Waals surface area contributed by atoms with Gasteiger partial charge in [0.1, 0.15) is 36.0 Å². The van der Waals surface area contributed by atoms with Crippen molar-refractivity contribution in [1.82, 2.24) is 25.5 Å². The van der Waals surface area contributed by atoms with Gasteiger partial charge in [-0.05, 0) is 117 Å². The molecule has 2 aromatic heterocycles. The van der Waals surface area contributed by atoms with E-state index in [1.807, 2.05) is 100 Å². The Morgan fingerprint density at radius 1 is 0.931 bits per heavy atom. The maximum atomic E-state index is 14.0. The van der Waals surface area contributed by atoms with Crippen LogP contribution in [0.4, 0.5) is 24.5 Å². The highest BCUT2D eigenvalue weighted by Gasteiger charge is 2.60. The number of unbranched alkanes of at least 4 members (excludes halogenated alkanes) is 1. The van der Waals surface area contributed by atoms with Gasteiger partial charge < -0.3 is 34.3 Å². The van der Waals surface area contributed by atoms with Crippen LogP contribution in [0.15, 0.2) is 95.9 Å². The normalized spacial score (nSPS) is 16.9. The molecule has 3 aromatic carbocycles. The van der Waals surface area contributed by atoms with Crippen molar-refractivity contribution in [1.29, 1.82) is 5.26 Å². The number of aryl methyl sites for hydroxylation is 1. The van der Waals surface area contributed by atoms with E-state index in [4.69, 9.17) is 26.1 Å². The number of thiocarbonyl (C=S) groups is 1. The smallest absolute Gasteiger partial charge is 0.419 e. The minimum absolute atomic E-state index is 0.0371. The van der Waals surface area contributed by atoms with Crippen LogP contribution in [-0.4, -0.2) is 87.6 Å². The number of pyridine rings is 1. The molecule has 19 heteroatoms. The second-order valence-corrected chi connectivity index (χ2v) is 19.6. The summed E-state index contributed by atoms with van der Waals surface area (Å²) in [6, 6.07) is 23.3. The SMILES string of the molecule is Cc1ncoc1-c1ccc(CNC(=O)[C@@H]2CCCN2C(=O)C(NC(=O)COCCCCOc2ccc(-c3ccc(N4C(=S)N(c5cnc(C#N)c(C(F)(F)F)c5)C(=O)C45CCC5)cc3)cc2)C(C)(C)C)cc1. The monoisotopic (exact) mass is 1000 g/mol. The van der Waals surface area contributed by atoms with Crippen molar-refractivity contribution in [2.75, 3.05) is 36.2 Å². The zero-order valence-corrected chi connectivity index (χ0v) is 41.2. The molecule has 2 N–H and O–H groups in total. The Bertz CT molecular complexity index is 2860. The first kappa shape index (κ1) is 51.2. The number of nitrogens with zero attached hydrogens (tertiary/aromatic N) is 6. The molecular weight excluding hydrogens is 950 g/mol. The number of amides is 4. The van der Waals surface area contributed by atoms with Gasteiger partial charge in [-0.15, -0.1) is 0 Å². The molecule has 1 unspecified atom stereocenters. The Labute approximate surface area is 420 Å². The van der Waals surface area contributed by atoms with Crippen LogP contribution in [-0.2, 0) is 36.6 Å². The molecule has 3 fully saturated rings. The summed E-state index contributed by atoms with van der Waals surface area (Å²) in [5, 5.41) is 15.1. The number of hydrogen-bond donors (Lipinski definition) is 2. The second kappa shape index (κ2) is 21.3. The number of carbonyl (C=O) groups is 4. The summed E-state index contributed by atoms with van der Waals surface area (Å²) in [5.74, 6) is -0.0552. The fourth-order valence-electron chi connectivity index (χ4n) is 9.28. The number of hydrogen-bond acceptors (Lipinski definition) is 11. The number of nitrogens with one attached hydrogen (secondary N) is 2. The van der Waals surface area contributed by atoms with Crippen LogP contribution < -0.4 is 25.2 Å².